The third kappa shape index (κ3) is 5.99. The molecule has 1 amide bonds. The van der Waals surface area contributed by atoms with Crippen LogP contribution in [-0.4, -0.2) is 73.3 Å². The van der Waals surface area contributed by atoms with Crippen molar-refractivity contribution < 1.29 is 31.1 Å². The number of anilines is 2. The molecule has 0 bridgehead atoms. The molecule has 34 heavy (non-hydrogen) atoms. The third-order valence-electron chi connectivity index (χ3n) is 5.16. The fourth-order valence-electron chi connectivity index (χ4n) is 3.45. The monoisotopic (exact) mass is 531 g/mol. The predicted octanol–water partition coefficient (Wildman–Crippen LogP) is 2.08. The number of aryl methyl sites for hydroxylation is 1. The second-order valence-electron chi connectivity index (χ2n) is 7.63. The highest BCUT2D eigenvalue weighted by molar-refractivity contribution is 7.92. The summed E-state index contributed by atoms with van der Waals surface area (Å²) in [6.45, 7) is 2.13. The van der Waals surface area contributed by atoms with Crippen LogP contribution in [0.5, 0.6) is 5.75 Å². The standard InChI is InChI=1S/C21H26ClN3O7S2/c1-15-4-5-16(22)12-18(15)25(33(3,27)28)14-21(26)23-17-6-7-19(31-2)20(13-17)34(29,30)24-8-10-32-11-9-24/h4-7,12-13H,8-11,14H2,1-3H3,(H,23,26). The molecule has 0 aliphatic carbocycles. The van der Waals surface area contributed by atoms with Crippen molar-refractivity contribution in [2.24, 2.45) is 0 Å². The maximum atomic E-state index is 13.1. The van der Waals surface area contributed by atoms with Gasteiger partial charge >= 0.3 is 0 Å². The lowest BCUT2D eigenvalue weighted by molar-refractivity contribution is -0.114. The zero-order valence-corrected chi connectivity index (χ0v) is 21.3. The van der Waals surface area contributed by atoms with Crippen molar-refractivity contribution in [3.05, 3.63) is 47.0 Å². The van der Waals surface area contributed by atoms with E-state index in [2.05, 4.69) is 5.32 Å². The van der Waals surface area contributed by atoms with Gasteiger partial charge in [0, 0.05) is 23.8 Å². The van der Waals surface area contributed by atoms with E-state index >= 15 is 0 Å². The number of methoxy groups -OCH3 is 1. The van der Waals surface area contributed by atoms with Crippen molar-refractivity contribution in [2.75, 3.05) is 55.8 Å². The molecule has 3 rings (SSSR count). The van der Waals surface area contributed by atoms with E-state index in [-0.39, 0.29) is 48.3 Å². The van der Waals surface area contributed by atoms with Gasteiger partial charge in [0.25, 0.3) is 0 Å². The van der Waals surface area contributed by atoms with Gasteiger partial charge < -0.3 is 14.8 Å². The van der Waals surface area contributed by atoms with Crippen LogP contribution in [0.3, 0.4) is 0 Å². The molecule has 186 valence electrons. The summed E-state index contributed by atoms with van der Waals surface area (Å²) in [6.07, 6.45) is 0.987. The first kappa shape index (κ1) is 26.2. The van der Waals surface area contributed by atoms with Crippen molar-refractivity contribution in [2.45, 2.75) is 11.8 Å². The summed E-state index contributed by atoms with van der Waals surface area (Å²) in [5.74, 6) is -0.540. The Labute approximate surface area is 204 Å². The van der Waals surface area contributed by atoms with Crippen molar-refractivity contribution in [3.63, 3.8) is 0 Å². The van der Waals surface area contributed by atoms with Crippen LogP contribution in [0, 0.1) is 6.92 Å². The molecular formula is C21H26ClN3O7S2. The van der Waals surface area contributed by atoms with Crippen LogP contribution in [0.1, 0.15) is 5.56 Å². The number of hydrogen-bond acceptors (Lipinski definition) is 7. The minimum Gasteiger partial charge on any atom is -0.495 e. The number of sulfonamides is 2. The van der Waals surface area contributed by atoms with E-state index in [9.17, 15) is 21.6 Å². The number of rotatable bonds is 8. The van der Waals surface area contributed by atoms with Gasteiger partial charge in [-0.25, -0.2) is 16.8 Å². The smallest absolute Gasteiger partial charge is 0.246 e. The lowest BCUT2D eigenvalue weighted by Crippen LogP contribution is -2.40. The fraction of sp³-hybridized carbons (Fsp3) is 0.381. The van der Waals surface area contributed by atoms with E-state index in [0.29, 0.717) is 10.6 Å². The summed E-state index contributed by atoms with van der Waals surface area (Å²) < 4.78 is 63.8. The normalized spacial score (nSPS) is 15.1. The Balaban J connectivity index is 1.88. The Hall–Kier alpha value is -2.38. The zero-order valence-electron chi connectivity index (χ0n) is 18.9. The number of nitrogens with zero attached hydrogens (tertiary/aromatic N) is 2. The van der Waals surface area contributed by atoms with Gasteiger partial charge in [-0.3, -0.25) is 9.10 Å². The van der Waals surface area contributed by atoms with Crippen LogP contribution in [-0.2, 0) is 29.6 Å². The number of morpholine rings is 1. The van der Waals surface area contributed by atoms with Crippen LogP contribution >= 0.6 is 11.6 Å². The van der Waals surface area contributed by atoms with Crippen LogP contribution in [0.15, 0.2) is 41.3 Å². The van der Waals surface area contributed by atoms with Crippen molar-refractivity contribution in [1.82, 2.24) is 4.31 Å². The van der Waals surface area contributed by atoms with Gasteiger partial charge in [0.2, 0.25) is 26.0 Å². The highest BCUT2D eigenvalue weighted by Gasteiger charge is 2.30. The number of hydrogen-bond donors (Lipinski definition) is 1. The molecule has 10 nitrogen and oxygen atoms in total. The van der Waals surface area contributed by atoms with Gasteiger partial charge in [-0.2, -0.15) is 4.31 Å². The van der Waals surface area contributed by atoms with E-state index in [1.807, 2.05) is 0 Å². The Morgan fingerprint density at radius 3 is 2.44 bits per heavy atom. The maximum absolute atomic E-state index is 13.1. The maximum Gasteiger partial charge on any atom is 0.246 e. The number of carbonyl (C=O) groups excluding carboxylic acids is 1. The molecule has 1 saturated heterocycles. The number of carbonyl (C=O) groups is 1. The molecule has 0 radical (unpaired) electrons. The predicted molar refractivity (Wildman–Crippen MR) is 130 cm³/mol. The number of amides is 1. The highest BCUT2D eigenvalue weighted by Crippen LogP contribution is 2.31. The molecule has 2 aromatic carbocycles. The van der Waals surface area contributed by atoms with E-state index in [1.165, 1.54) is 35.7 Å². The molecule has 1 heterocycles. The molecular weight excluding hydrogens is 506 g/mol. The molecule has 0 aromatic heterocycles. The Bertz CT molecular complexity index is 1280. The highest BCUT2D eigenvalue weighted by atomic mass is 35.5. The average molecular weight is 532 g/mol. The number of halogens is 1. The summed E-state index contributed by atoms with van der Waals surface area (Å²) in [6, 6.07) is 8.93. The number of nitrogens with one attached hydrogen (secondary N) is 1. The Kier molecular flexibility index (Phi) is 8.09. The Morgan fingerprint density at radius 1 is 1.15 bits per heavy atom. The van der Waals surface area contributed by atoms with Crippen molar-refractivity contribution >= 4 is 48.9 Å². The molecule has 1 N–H and O–H groups in total. The van der Waals surface area contributed by atoms with Crippen LogP contribution in [0.2, 0.25) is 5.02 Å². The van der Waals surface area contributed by atoms with E-state index in [0.717, 1.165) is 10.6 Å². The summed E-state index contributed by atoms with van der Waals surface area (Å²) in [5, 5.41) is 2.90. The first-order chi connectivity index (χ1) is 15.9. The van der Waals surface area contributed by atoms with E-state index in [1.54, 1.807) is 19.1 Å². The van der Waals surface area contributed by atoms with Gasteiger partial charge in [-0.1, -0.05) is 17.7 Å². The van der Waals surface area contributed by atoms with E-state index < -0.39 is 32.5 Å². The second-order valence-corrected chi connectivity index (χ2v) is 11.9. The second kappa shape index (κ2) is 10.5. The van der Waals surface area contributed by atoms with E-state index in [4.69, 9.17) is 21.1 Å². The molecule has 1 aliphatic heterocycles. The molecule has 1 aliphatic rings. The minimum atomic E-state index is -3.91. The van der Waals surface area contributed by atoms with Crippen LogP contribution in [0.4, 0.5) is 11.4 Å². The molecule has 2 aromatic rings. The lowest BCUT2D eigenvalue weighted by Gasteiger charge is -2.27. The largest absolute Gasteiger partial charge is 0.495 e. The molecule has 13 heteroatoms. The summed E-state index contributed by atoms with van der Waals surface area (Å²) in [4.78, 5) is 12.7. The van der Waals surface area contributed by atoms with Crippen molar-refractivity contribution in [3.8, 4) is 5.75 Å². The summed E-state index contributed by atoms with van der Waals surface area (Å²) in [5.41, 5.74) is 1.07. The molecule has 1 fully saturated rings. The SMILES string of the molecule is COc1ccc(NC(=O)CN(c2cc(Cl)ccc2C)S(C)(=O)=O)cc1S(=O)(=O)N1CCOCC1. The van der Waals surface area contributed by atoms with Crippen LogP contribution < -0.4 is 14.4 Å². The average Bonchev–Trinajstić information content (AvgIpc) is 2.79. The molecule has 0 atom stereocenters. The Morgan fingerprint density at radius 2 is 1.82 bits per heavy atom. The first-order valence-corrected chi connectivity index (χ1v) is 13.9. The third-order valence-corrected chi connectivity index (χ3v) is 8.44. The first-order valence-electron chi connectivity index (χ1n) is 10.2. The van der Waals surface area contributed by atoms with Crippen molar-refractivity contribution in [1.29, 1.82) is 0 Å². The summed E-state index contributed by atoms with van der Waals surface area (Å²) >= 11 is 6.03. The summed E-state index contributed by atoms with van der Waals surface area (Å²) in [7, 11) is -6.38. The molecule has 0 spiro atoms. The van der Waals surface area contributed by atoms with Gasteiger partial charge in [0.15, 0.2) is 0 Å². The molecule has 0 unspecified atom stereocenters. The quantitative estimate of drug-likeness (QED) is 0.553. The fourth-order valence-corrected chi connectivity index (χ4v) is 6.11. The minimum absolute atomic E-state index is 0.111. The number of benzene rings is 2. The lowest BCUT2D eigenvalue weighted by atomic mass is 10.2. The zero-order chi connectivity index (χ0) is 25.1. The van der Waals surface area contributed by atoms with Gasteiger partial charge in [0.1, 0.15) is 17.2 Å². The van der Waals surface area contributed by atoms with Gasteiger partial charge in [-0.05, 0) is 42.8 Å². The van der Waals surface area contributed by atoms with Crippen LogP contribution in [0.25, 0.3) is 0 Å². The van der Waals surface area contributed by atoms with Gasteiger partial charge in [0.05, 0.1) is 32.3 Å². The van der Waals surface area contributed by atoms with Gasteiger partial charge in [-0.15, -0.1) is 0 Å². The molecule has 0 saturated carbocycles. The topological polar surface area (TPSA) is 122 Å². The number of ether oxygens (including phenoxy) is 2.